The van der Waals surface area contributed by atoms with Crippen LogP contribution in [0.1, 0.15) is 5.56 Å². The van der Waals surface area contributed by atoms with Crippen LogP contribution in [-0.4, -0.2) is 15.0 Å². The molecule has 86 valence electrons. The Hall–Kier alpha value is -1.87. The first-order chi connectivity index (χ1) is 7.84. The predicted octanol–water partition coefficient (Wildman–Crippen LogP) is 3.36. The van der Waals surface area contributed by atoms with E-state index in [1.807, 2.05) is 18.2 Å². The zero-order valence-corrected chi connectivity index (χ0v) is 10.2. The van der Waals surface area contributed by atoms with Gasteiger partial charge in [-0.3, -0.25) is 4.98 Å². The molecule has 1 aromatic carbocycles. The third-order valence-electron chi connectivity index (χ3n) is 2.69. The predicted molar refractivity (Wildman–Crippen MR) is 71.3 cm³/mol. The largest absolute Gasteiger partial charge is 0.338 e. The molecule has 0 aliphatic rings. The van der Waals surface area contributed by atoms with Gasteiger partial charge in [0.25, 0.3) is 0 Å². The van der Waals surface area contributed by atoms with Crippen LogP contribution in [0.15, 0.2) is 42.7 Å². The average Bonchev–Trinajstić information content (AvgIpc) is 2.73. The molecule has 1 N–H and O–H groups in total. The smallest absolute Gasteiger partial charge is 0.138 e. The van der Waals surface area contributed by atoms with Crippen molar-refractivity contribution in [3.63, 3.8) is 0 Å². The molecular formula is C13H12ClN3. The van der Waals surface area contributed by atoms with Gasteiger partial charge in [0, 0.05) is 11.8 Å². The van der Waals surface area contributed by atoms with Crippen LogP contribution in [0.3, 0.4) is 0 Å². The van der Waals surface area contributed by atoms with Crippen LogP contribution >= 0.6 is 12.4 Å². The number of rotatable bonds is 1. The molecule has 0 unspecified atom stereocenters. The highest BCUT2D eigenvalue weighted by atomic mass is 35.5. The Morgan fingerprint density at radius 2 is 1.94 bits per heavy atom. The van der Waals surface area contributed by atoms with E-state index in [0.717, 1.165) is 22.4 Å². The molecule has 3 nitrogen and oxygen atoms in total. The summed E-state index contributed by atoms with van der Waals surface area (Å²) >= 11 is 0. The van der Waals surface area contributed by atoms with Crippen LogP contribution in [0.4, 0.5) is 0 Å². The van der Waals surface area contributed by atoms with Gasteiger partial charge in [0.2, 0.25) is 0 Å². The van der Waals surface area contributed by atoms with Crippen molar-refractivity contribution in [2.75, 3.05) is 0 Å². The molecule has 4 heteroatoms. The lowest BCUT2D eigenvalue weighted by Crippen LogP contribution is -1.83. The number of aromatic nitrogens is 3. The Kier molecular flexibility index (Phi) is 3.11. The summed E-state index contributed by atoms with van der Waals surface area (Å²) in [6, 6.07) is 10.1. The van der Waals surface area contributed by atoms with Crippen molar-refractivity contribution in [1.82, 2.24) is 15.0 Å². The van der Waals surface area contributed by atoms with Gasteiger partial charge >= 0.3 is 0 Å². The lowest BCUT2D eigenvalue weighted by Gasteiger charge is -2.00. The molecule has 0 saturated carbocycles. The first kappa shape index (κ1) is 11.6. The van der Waals surface area contributed by atoms with Gasteiger partial charge in [-0.05, 0) is 18.6 Å². The van der Waals surface area contributed by atoms with Gasteiger partial charge in [-0.1, -0.05) is 24.3 Å². The van der Waals surface area contributed by atoms with Crippen LogP contribution < -0.4 is 0 Å². The molecule has 2 heterocycles. The molecule has 0 atom stereocenters. The maximum Gasteiger partial charge on any atom is 0.138 e. The maximum absolute atomic E-state index is 4.53. The summed E-state index contributed by atoms with van der Waals surface area (Å²) in [4.78, 5) is 11.9. The standard InChI is InChI=1S/C13H11N3.ClH/c1-9-4-2-3-5-10(9)13-15-11-6-7-14-8-12(11)16-13;/h2-8H,1H3,(H,15,16);1H. The highest BCUT2D eigenvalue weighted by molar-refractivity contribution is 5.85. The summed E-state index contributed by atoms with van der Waals surface area (Å²) in [6.45, 7) is 2.08. The Labute approximate surface area is 105 Å². The van der Waals surface area contributed by atoms with Crippen LogP contribution in [0.5, 0.6) is 0 Å². The number of fused-ring (bicyclic) bond motifs is 1. The summed E-state index contributed by atoms with van der Waals surface area (Å²) in [5.74, 6) is 0.904. The minimum absolute atomic E-state index is 0. The molecule has 3 aromatic rings. The van der Waals surface area contributed by atoms with Gasteiger partial charge in [0.1, 0.15) is 11.3 Å². The molecule has 0 fully saturated rings. The summed E-state index contributed by atoms with van der Waals surface area (Å²) < 4.78 is 0. The van der Waals surface area contributed by atoms with Gasteiger partial charge in [-0.25, -0.2) is 4.98 Å². The van der Waals surface area contributed by atoms with Crippen molar-refractivity contribution in [1.29, 1.82) is 0 Å². The number of aromatic amines is 1. The number of halogens is 1. The van der Waals surface area contributed by atoms with E-state index in [4.69, 9.17) is 0 Å². The first-order valence-electron chi connectivity index (χ1n) is 5.20. The monoisotopic (exact) mass is 245 g/mol. The fourth-order valence-corrected chi connectivity index (χ4v) is 1.82. The van der Waals surface area contributed by atoms with E-state index in [9.17, 15) is 0 Å². The molecule has 17 heavy (non-hydrogen) atoms. The molecule has 2 aromatic heterocycles. The third kappa shape index (κ3) is 2.01. The fourth-order valence-electron chi connectivity index (χ4n) is 1.82. The number of hydrogen-bond donors (Lipinski definition) is 1. The average molecular weight is 246 g/mol. The fraction of sp³-hybridized carbons (Fsp3) is 0.0769. The second kappa shape index (κ2) is 4.55. The number of nitrogens with one attached hydrogen (secondary N) is 1. The Bertz CT molecular complexity index is 613. The number of H-pyrrole nitrogens is 1. The van der Waals surface area contributed by atoms with Crippen molar-refractivity contribution in [2.24, 2.45) is 0 Å². The minimum atomic E-state index is 0. The summed E-state index contributed by atoms with van der Waals surface area (Å²) in [6.07, 6.45) is 3.54. The van der Waals surface area contributed by atoms with E-state index < -0.39 is 0 Å². The number of imidazole rings is 1. The number of pyridine rings is 1. The van der Waals surface area contributed by atoms with Gasteiger partial charge < -0.3 is 4.98 Å². The molecule has 0 bridgehead atoms. The van der Waals surface area contributed by atoms with E-state index in [1.54, 1.807) is 12.4 Å². The lowest BCUT2D eigenvalue weighted by molar-refractivity contribution is 1.30. The molecule has 0 radical (unpaired) electrons. The lowest BCUT2D eigenvalue weighted by atomic mass is 10.1. The molecule has 3 rings (SSSR count). The van der Waals surface area contributed by atoms with E-state index in [0.29, 0.717) is 0 Å². The number of benzene rings is 1. The molecule has 0 aliphatic heterocycles. The molecule has 0 saturated heterocycles. The zero-order valence-electron chi connectivity index (χ0n) is 9.34. The second-order valence-corrected chi connectivity index (χ2v) is 3.79. The maximum atomic E-state index is 4.53. The van der Waals surface area contributed by atoms with Gasteiger partial charge in [0.15, 0.2) is 0 Å². The summed E-state index contributed by atoms with van der Waals surface area (Å²) in [5, 5.41) is 0. The van der Waals surface area contributed by atoms with Gasteiger partial charge in [-0.15, -0.1) is 12.4 Å². The van der Waals surface area contributed by atoms with Crippen molar-refractivity contribution in [3.8, 4) is 11.4 Å². The van der Waals surface area contributed by atoms with Crippen molar-refractivity contribution < 1.29 is 0 Å². The quantitative estimate of drug-likeness (QED) is 0.714. The number of aryl methyl sites for hydroxylation is 1. The molecule has 0 amide bonds. The van der Waals surface area contributed by atoms with Crippen LogP contribution in [0, 0.1) is 6.92 Å². The number of hydrogen-bond acceptors (Lipinski definition) is 2. The Morgan fingerprint density at radius 3 is 2.71 bits per heavy atom. The van der Waals surface area contributed by atoms with Gasteiger partial charge in [0.05, 0.1) is 11.7 Å². The third-order valence-corrected chi connectivity index (χ3v) is 2.69. The SMILES string of the molecule is Cc1ccccc1-c1nc2cnccc2[nH]1.Cl. The van der Waals surface area contributed by atoms with Crippen molar-refractivity contribution in [2.45, 2.75) is 6.92 Å². The molecular weight excluding hydrogens is 234 g/mol. The van der Waals surface area contributed by atoms with Gasteiger partial charge in [-0.2, -0.15) is 0 Å². The highest BCUT2D eigenvalue weighted by Gasteiger charge is 2.06. The molecule has 0 aliphatic carbocycles. The van der Waals surface area contributed by atoms with Crippen LogP contribution in [0.2, 0.25) is 0 Å². The Morgan fingerprint density at radius 1 is 1.12 bits per heavy atom. The van der Waals surface area contributed by atoms with Crippen LogP contribution in [-0.2, 0) is 0 Å². The first-order valence-corrected chi connectivity index (χ1v) is 5.20. The van der Waals surface area contributed by atoms with Crippen molar-refractivity contribution in [3.05, 3.63) is 48.3 Å². The van der Waals surface area contributed by atoms with E-state index in [2.05, 4.69) is 34.0 Å². The number of nitrogens with zero attached hydrogens (tertiary/aromatic N) is 2. The van der Waals surface area contributed by atoms with Crippen LogP contribution in [0.25, 0.3) is 22.4 Å². The minimum Gasteiger partial charge on any atom is -0.338 e. The Balaban J connectivity index is 0.00000108. The van der Waals surface area contributed by atoms with E-state index in [1.165, 1.54) is 5.56 Å². The topological polar surface area (TPSA) is 41.6 Å². The van der Waals surface area contributed by atoms with E-state index >= 15 is 0 Å². The zero-order chi connectivity index (χ0) is 11.0. The summed E-state index contributed by atoms with van der Waals surface area (Å²) in [5.41, 5.74) is 4.28. The summed E-state index contributed by atoms with van der Waals surface area (Å²) in [7, 11) is 0. The highest BCUT2D eigenvalue weighted by Crippen LogP contribution is 2.22. The molecule has 0 spiro atoms. The van der Waals surface area contributed by atoms with E-state index in [-0.39, 0.29) is 12.4 Å². The van der Waals surface area contributed by atoms with Crippen molar-refractivity contribution >= 4 is 23.4 Å². The second-order valence-electron chi connectivity index (χ2n) is 3.79. The normalized spacial score (nSPS) is 10.2.